The highest BCUT2D eigenvalue weighted by Crippen LogP contribution is 2.26. The Kier molecular flexibility index (Phi) is 5.07. The molecule has 0 bridgehead atoms. The van der Waals surface area contributed by atoms with Gasteiger partial charge in [-0.15, -0.1) is 0 Å². The van der Waals surface area contributed by atoms with Crippen LogP contribution in [0.3, 0.4) is 0 Å². The number of hydrogen-bond donors (Lipinski definition) is 3. The number of ether oxygens (including phenoxy) is 1. The van der Waals surface area contributed by atoms with E-state index in [1.807, 2.05) is 4.90 Å². The summed E-state index contributed by atoms with van der Waals surface area (Å²) in [6.07, 6.45) is 1.42. The molecule has 0 atom stereocenters. The Bertz CT molecular complexity index is 909. The SMILES string of the molecule is Nc1ccc(NC(=O)c2cc(S(N)(=O)=O)ccc2N2CCOCC2)cn1. The standard InChI is InChI=1S/C16H19N5O4S/c17-15-4-1-11(10-19-15)20-16(22)13-9-12(26(18,23)24)2-3-14(13)21-5-7-25-8-6-21/h1-4,9-10H,5-8H2,(H2,17,19)(H,20,22)(H2,18,23,24). The van der Waals surface area contributed by atoms with Gasteiger partial charge in [0, 0.05) is 18.8 Å². The molecule has 1 fully saturated rings. The Morgan fingerprint density at radius 3 is 2.54 bits per heavy atom. The third-order valence-electron chi connectivity index (χ3n) is 3.94. The minimum Gasteiger partial charge on any atom is -0.384 e. The van der Waals surface area contributed by atoms with Crippen molar-refractivity contribution in [2.75, 3.05) is 42.3 Å². The second-order valence-corrected chi connectivity index (χ2v) is 7.31. The normalized spacial score (nSPS) is 14.9. The smallest absolute Gasteiger partial charge is 0.257 e. The summed E-state index contributed by atoms with van der Waals surface area (Å²) in [4.78, 5) is 18.5. The fourth-order valence-electron chi connectivity index (χ4n) is 2.63. The van der Waals surface area contributed by atoms with Crippen molar-refractivity contribution in [2.45, 2.75) is 4.90 Å². The Hall–Kier alpha value is -2.69. The van der Waals surface area contributed by atoms with Crippen LogP contribution < -0.4 is 21.1 Å². The topological polar surface area (TPSA) is 141 Å². The number of anilines is 3. The van der Waals surface area contributed by atoms with E-state index < -0.39 is 15.9 Å². The van der Waals surface area contributed by atoms with Gasteiger partial charge in [0.2, 0.25) is 10.0 Å². The van der Waals surface area contributed by atoms with Crippen molar-refractivity contribution in [3.63, 3.8) is 0 Å². The number of morpholine rings is 1. The number of nitrogen functional groups attached to an aromatic ring is 1. The molecular weight excluding hydrogens is 358 g/mol. The second kappa shape index (κ2) is 7.28. The van der Waals surface area contributed by atoms with Gasteiger partial charge >= 0.3 is 0 Å². The first-order chi connectivity index (χ1) is 12.3. The van der Waals surface area contributed by atoms with Gasteiger partial charge in [-0.05, 0) is 30.3 Å². The Balaban J connectivity index is 1.97. The summed E-state index contributed by atoms with van der Waals surface area (Å²) in [5.74, 6) is -0.142. The van der Waals surface area contributed by atoms with Crippen molar-refractivity contribution in [1.29, 1.82) is 0 Å². The van der Waals surface area contributed by atoms with Crippen LogP contribution in [0.25, 0.3) is 0 Å². The van der Waals surface area contributed by atoms with Crippen molar-refractivity contribution in [3.05, 3.63) is 42.1 Å². The maximum Gasteiger partial charge on any atom is 0.257 e. The average Bonchev–Trinajstić information content (AvgIpc) is 2.63. The van der Waals surface area contributed by atoms with Crippen molar-refractivity contribution in [1.82, 2.24) is 4.98 Å². The summed E-state index contributed by atoms with van der Waals surface area (Å²) < 4.78 is 28.7. The highest BCUT2D eigenvalue weighted by Gasteiger charge is 2.22. The summed E-state index contributed by atoms with van der Waals surface area (Å²) in [7, 11) is -3.94. The number of carbonyl (C=O) groups excluding carboxylic acids is 1. The number of benzene rings is 1. The number of hydrogen-bond acceptors (Lipinski definition) is 7. The number of amides is 1. The van der Waals surface area contributed by atoms with Crippen LogP contribution in [0.2, 0.25) is 0 Å². The first kappa shape index (κ1) is 18.1. The number of primary sulfonamides is 1. The van der Waals surface area contributed by atoms with Crippen molar-refractivity contribution in [3.8, 4) is 0 Å². The summed E-state index contributed by atoms with van der Waals surface area (Å²) in [5.41, 5.74) is 6.79. The fourth-order valence-corrected chi connectivity index (χ4v) is 3.17. The van der Waals surface area contributed by atoms with Crippen LogP contribution in [0.1, 0.15) is 10.4 Å². The predicted molar refractivity (Wildman–Crippen MR) is 97.4 cm³/mol. The van der Waals surface area contributed by atoms with Crippen molar-refractivity contribution in [2.24, 2.45) is 5.14 Å². The molecule has 5 N–H and O–H groups in total. The molecule has 2 heterocycles. The molecule has 0 spiro atoms. The molecule has 9 nitrogen and oxygen atoms in total. The number of nitrogens with two attached hydrogens (primary N) is 2. The number of aromatic nitrogens is 1. The largest absolute Gasteiger partial charge is 0.384 e. The minimum absolute atomic E-state index is 0.130. The van der Waals surface area contributed by atoms with E-state index in [4.69, 9.17) is 15.6 Å². The zero-order valence-electron chi connectivity index (χ0n) is 13.9. The Labute approximate surface area is 151 Å². The van der Waals surface area contributed by atoms with Gasteiger partial charge in [0.15, 0.2) is 0 Å². The average molecular weight is 377 g/mol. The van der Waals surface area contributed by atoms with Crippen LogP contribution in [0, 0.1) is 0 Å². The maximum absolute atomic E-state index is 12.8. The van der Waals surface area contributed by atoms with Crippen molar-refractivity contribution < 1.29 is 17.9 Å². The molecule has 3 rings (SSSR count). The first-order valence-corrected chi connectivity index (χ1v) is 9.41. The van der Waals surface area contributed by atoms with Crippen LogP contribution in [0.15, 0.2) is 41.4 Å². The van der Waals surface area contributed by atoms with Gasteiger partial charge in [0.05, 0.1) is 35.6 Å². The second-order valence-electron chi connectivity index (χ2n) is 5.75. The predicted octanol–water partition coefficient (Wildman–Crippen LogP) is 0.400. The zero-order valence-corrected chi connectivity index (χ0v) is 14.7. The van der Waals surface area contributed by atoms with Crippen LogP contribution in [-0.2, 0) is 14.8 Å². The molecule has 0 aliphatic carbocycles. The molecule has 0 radical (unpaired) electrons. The highest BCUT2D eigenvalue weighted by atomic mass is 32.2. The number of carbonyl (C=O) groups is 1. The summed E-state index contributed by atoms with van der Waals surface area (Å²) in [6.45, 7) is 2.25. The molecule has 1 aromatic heterocycles. The lowest BCUT2D eigenvalue weighted by atomic mass is 10.1. The number of nitrogens with zero attached hydrogens (tertiary/aromatic N) is 2. The van der Waals surface area contributed by atoms with Gasteiger partial charge < -0.3 is 20.7 Å². The molecule has 10 heteroatoms. The van der Waals surface area contributed by atoms with Gasteiger partial charge in [-0.2, -0.15) is 0 Å². The third-order valence-corrected chi connectivity index (χ3v) is 4.85. The van der Waals surface area contributed by atoms with E-state index in [1.165, 1.54) is 18.3 Å². The lowest BCUT2D eigenvalue weighted by molar-refractivity contribution is 0.102. The van der Waals surface area contributed by atoms with E-state index in [9.17, 15) is 13.2 Å². The molecule has 26 heavy (non-hydrogen) atoms. The van der Waals surface area contributed by atoms with Crippen LogP contribution in [-0.4, -0.2) is 45.6 Å². The van der Waals surface area contributed by atoms with Gasteiger partial charge in [0.25, 0.3) is 5.91 Å². The van der Waals surface area contributed by atoms with Gasteiger partial charge in [-0.3, -0.25) is 4.79 Å². The monoisotopic (exact) mass is 377 g/mol. The lowest BCUT2D eigenvalue weighted by Gasteiger charge is -2.30. The maximum atomic E-state index is 12.8. The van der Waals surface area contributed by atoms with Gasteiger partial charge in [-0.1, -0.05) is 0 Å². The van der Waals surface area contributed by atoms with Crippen LogP contribution in [0.5, 0.6) is 0 Å². The lowest BCUT2D eigenvalue weighted by Crippen LogP contribution is -2.37. The molecule has 1 aliphatic rings. The molecule has 0 saturated carbocycles. The zero-order chi connectivity index (χ0) is 18.7. The molecule has 1 aliphatic heterocycles. The molecule has 1 amide bonds. The van der Waals surface area contributed by atoms with E-state index in [2.05, 4.69) is 10.3 Å². The summed E-state index contributed by atoms with van der Waals surface area (Å²) in [6, 6.07) is 7.42. The highest BCUT2D eigenvalue weighted by molar-refractivity contribution is 7.89. The van der Waals surface area contributed by atoms with Crippen molar-refractivity contribution >= 4 is 33.1 Å². The number of nitrogens with one attached hydrogen (secondary N) is 1. The van der Waals surface area contributed by atoms with Crippen LogP contribution >= 0.6 is 0 Å². The minimum atomic E-state index is -3.94. The number of pyridine rings is 1. The van der Waals surface area contributed by atoms with E-state index in [1.54, 1.807) is 18.2 Å². The first-order valence-electron chi connectivity index (χ1n) is 7.87. The van der Waals surface area contributed by atoms with E-state index in [0.29, 0.717) is 43.5 Å². The number of rotatable bonds is 4. The molecule has 0 unspecified atom stereocenters. The Morgan fingerprint density at radius 2 is 1.92 bits per heavy atom. The molecule has 1 saturated heterocycles. The summed E-state index contributed by atoms with van der Waals surface area (Å²) in [5, 5.41) is 7.90. The van der Waals surface area contributed by atoms with Gasteiger partial charge in [-0.25, -0.2) is 18.5 Å². The number of sulfonamides is 1. The molecule has 2 aromatic rings. The fraction of sp³-hybridized carbons (Fsp3) is 0.250. The quantitative estimate of drug-likeness (QED) is 0.700. The Morgan fingerprint density at radius 1 is 1.19 bits per heavy atom. The van der Waals surface area contributed by atoms with Crippen LogP contribution in [0.4, 0.5) is 17.2 Å². The molecule has 138 valence electrons. The molecule has 1 aromatic carbocycles. The van der Waals surface area contributed by atoms with E-state index in [0.717, 1.165) is 0 Å². The van der Waals surface area contributed by atoms with E-state index in [-0.39, 0.29) is 10.5 Å². The van der Waals surface area contributed by atoms with Gasteiger partial charge in [0.1, 0.15) is 5.82 Å². The van der Waals surface area contributed by atoms with E-state index >= 15 is 0 Å². The third kappa shape index (κ3) is 4.10. The summed E-state index contributed by atoms with van der Waals surface area (Å²) >= 11 is 0. The molecular formula is C16H19N5O4S.